The quantitative estimate of drug-likeness (QED) is 0.359. The van der Waals surface area contributed by atoms with Crippen LogP contribution in [0, 0.1) is 6.92 Å². The summed E-state index contributed by atoms with van der Waals surface area (Å²) in [6.07, 6.45) is 2.22. The Kier molecular flexibility index (Phi) is 4.78. The normalized spacial score (nSPS) is 15.2. The fourth-order valence-corrected chi connectivity index (χ4v) is 3.96. The SMILES string of the molecule is CCN=C(NN)N1CCc2nn(S(=O)(=O)c3ccc(C)cc3)cc2C1. The van der Waals surface area contributed by atoms with Crippen molar-refractivity contribution < 1.29 is 8.42 Å². The topological polar surface area (TPSA) is 106 Å². The van der Waals surface area contributed by atoms with Gasteiger partial charge in [0, 0.05) is 37.8 Å². The highest BCUT2D eigenvalue weighted by Gasteiger charge is 2.26. The number of rotatable bonds is 3. The van der Waals surface area contributed by atoms with E-state index in [1.165, 1.54) is 0 Å². The van der Waals surface area contributed by atoms with E-state index in [1.54, 1.807) is 30.5 Å². The lowest BCUT2D eigenvalue weighted by Gasteiger charge is -2.28. The van der Waals surface area contributed by atoms with E-state index in [9.17, 15) is 8.42 Å². The summed E-state index contributed by atoms with van der Waals surface area (Å²) in [4.78, 5) is 6.52. The second-order valence-corrected chi connectivity index (χ2v) is 7.70. The Morgan fingerprint density at radius 2 is 2.08 bits per heavy atom. The van der Waals surface area contributed by atoms with Crippen LogP contribution in [0.4, 0.5) is 0 Å². The van der Waals surface area contributed by atoms with E-state index < -0.39 is 10.0 Å². The fraction of sp³-hybridized carbons (Fsp3) is 0.375. The molecule has 0 atom stereocenters. The summed E-state index contributed by atoms with van der Waals surface area (Å²) in [5, 5.41) is 4.30. The van der Waals surface area contributed by atoms with Gasteiger partial charge in [-0.05, 0) is 26.0 Å². The zero-order valence-electron chi connectivity index (χ0n) is 14.3. The van der Waals surface area contributed by atoms with Crippen LogP contribution in [-0.4, -0.2) is 41.6 Å². The standard InChI is InChI=1S/C16H22N6O2S/c1-3-18-16(19-17)21-9-8-15-13(10-21)11-22(20-15)25(23,24)14-6-4-12(2)5-7-14/h4-7,11H,3,8-10,17H2,1-2H3,(H,18,19). The Hall–Kier alpha value is -2.39. The van der Waals surface area contributed by atoms with Gasteiger partial charge in [0.2, 0.25) is 5.96 Å². The smallest absolute Gasteiger partial charge is 0.282 e. The van der Waals surface area contributed by atoms with Crippen LogP contribution in [0.15, 0.2) is 40.4 Å². The maximum Gasteiger partial charge on any atom is 0.282 e. The van der Waals surface area contributed by atoms with Crippen LogP contribution in [0.5, 0.6) is 0 Å². The number of nitrogens with one attached hydrogen (secondary N) is 1. The third kappa shape index (κ3) is 3.38. The van der Waals surface area contributed by atoms with Crippen LogP contribution in [0.2, 0.25) is 0 Å². The predicted octanol–water partition coefficient (Wildman–Crippen LogP) is 0.626. The Bertz CT molecular complexity index is 886. The average Bonchev–Trinajstić information content (AvgIpc) is 3.04. The lowest BCUT2D eigenvalue weighted by Crippen LogP contribution is -2.46. The number of aliphatic imine (C=N–C) groups is 1. The van der Waals surface area contributed by atoms with Gasteiger partial charge in [0.05, 0.1) is 10.6 Å². The summed E-state index contributed by atoms with van der Waals surface area (Å²) in [6, 6.07) is 6.75. The van der Waals surface area contributed by atoms with Gasteiger partial charge in [-0.2, -0.15) is 17.6 Å². The van der Waals surface area contributed by atoms with Gasteiger partial charge in [-0.3, -0.25) is 10.4 Å². The van der Waals surface area contributed by atoms with Gasteiger partial charge >= 0.3 is 0 Å². The van der Waals surface area contributed by atoms with E-state index in [-0.39, 0.29) is 4.90 Å². The van der Waals surface area contributed by atoms with Crippen LogP contribution in [0.3, 0.4) is 0 Å². The first-order valence-corrected chi connectivity index (χ1v) is 9.55. The number of nitrogens with zero attached hydrogens (tertiary/aromatic N) is 4. The maximum atomic E-state index is 12.8. The van der Waals surface area contributed by atoms with Crippen molar-refractivity contribution in [3.63, 3.8) is 0 Å². The number of fused-ring (bicyclic) bond motifs is 1. The zero-order valence-corrected chi connectivity index (χ0v) is 15.1. The third-order valence-corrected chi connectivity index (χ3v) is 5.69. The van der Waals surface area contributed by atoms with Gasteiger partial charge in [0.25, 0.3) is 10.0 Å². The van der Waals surface area contributed by atoms with E-state index in [0.717, 1.165) is 20.9 Å². The molecule has 0 aliphatic carbocycles. The highest BCUT2D eigenvalue weighted by atomic mass is 32.2. The number of hydrogen-bond acceptors (Lipinski definition) is 5. The lowest BCUT2D eigenvalue weighted by atomic mass is 10.1. The van der Waals surface area contributed by atoms with Crippen molar-refractivity contribution in [2.75, 3.05) is 13.1 Å². The van der Waals surface area contributed by atoms with E-state index >= 15 is 0 Å². The third-order valence-electron chi connectivity index (χ3n) is 4.14. The molecule has 0 amide bonds. The van der Waals surface area contributed by atoms with Crippen molar-refractivity contribution in [1.29, 1.82) is 0 Å². The molecule has 0 spiro atoms. The molecule has 1 aromatic carbocycles. The fourth-order valence-electron chi connectivity index (χ4n) is 2.80. The molecule has 1 aromatic heterocycles. The summed E-state index contributed by atoms with van der Waals surface area (Å²) in [5.41, 5.74) is 5.26. The number of aromatic nitrogens is 2. The molecule has 2 aromatic rings. The van der Waals surface area contributed by atoms with Gasteiger partial charge in [0.1, 0.15) is 0 Å². The largest absolute Gasteiger partial charge is 0.337 e. The van der Waals surface area contributed by atoms with E-state index in [1.807, 2.05) is 18.7 Å². The molecule has 134 valence electrons. The highest BCUT2D eigenvalue weighted by Crippen LogP contribution is 2.21. The van der Waals surface area contributed by atoms with Gasteiger partial charge in [-0.25, -0.2) is 5.84 Å². The molecule has 0 saturated carbocycles. The molecule has 0 saturated heterocycles. The first kappa shape index (κ1) is 17.4. The predicted molar refractivity (Wildman–Crippen MR) is 95.4 cm³/mol. The molecule has 0 bridgehead atoms. The van der Waals surface area contributed by atoms with Crippen molar-refractivity contribution >= 4 is 16.0 Å². The van der Waals surface area contributed by atoms with Crippen LogP contribution in [0.1, 0.15) is 23.7 Å². The van der Waals surface area contributed by atoms with Crippen LogP contribution in [0.25, 0.3) is 0 Å². The number of hydrogen-bond donors (Lipinski definition) is 2. The molecular weight excluding hydrogens is 340 g/mol. The Morgan fingerprint density at radius 3 is 2.72 bits per heavy atom. The molecule has 8 nitrogen and oxygen atoms in total. The molecule has 0 unspecified atom stereocenters. The van der Waals surface area contributed by atoms with E-state index in [0.29, 0.717) is 32.0 Å². The van der Waals surface area contributed by atoms with Crippen molar-refractivity contribution in [3.8, 4) is 0 Å². The molecule has 1 aliphatic heterocycles. The first-order chi connectivity index (χ1) is 12.0. The number of aryl methyl sites for hydroxylation is 1. The molecule has 9 heteroatoms. The lowest BCUT2D eigenvalue weighted by molar-refractivity contribution is 0.377. The summed E-state index contributed by atoms with van der Waals surface area (Å²) >= 11 is 0. The number of guanidine groups is 1. The van der Waals surface area contributed by atoms with Crippen LogP contribution < -0.4 is 11.3 Å². The minimum absolute atomic E-state index is 0.228. The monoisotopic (exact) mass is 362 g/mol. The van der Waals surface area contributed by atoms with Crippen molar-refractivity contribution in [1.82, 2.24) is 19.5 Å². The molecule has 3 rings (SSSR count). The molecule has 1 aliphatic rings. The second-order valence-electron chi connectivity index (χ2n) is 5.91. The van der Waals surface area contributed by atoms with E-state index in [4.69, 9.17) is 5.84 Å². The Labute approximate surface area is 147 Å². The number of nitrogens with two attached hydrogens (primary N) is 1. The average molecular weight is 362 g/mol. The number of benzene rings is 1. The van der Waals surface area contributed by atoms with Gasteiger partial charge in [0.15, 0.2) is 0 Å². The highest BCUT2D eigenvalue weighted by molar-refractivity contribution is 7.89. The van der Waals surface area contributed by atoms with Gasteiger partial charge in [-0.15, -0.1) is 0 Å². The molecule has 0 radical (unpaired) electrons. The van der Waals surface area contributed by atoms with Gasteiger partial charge < -0.3 is 4.90 Å². The van der Waals surface area contributed by atoms with E-state index in [2.05, 4.69) is 15.5 Å². The number of hydrazine groups is 1. The minimum atomic E-state index is -3.69. The molecule has 2 heterocycles. The molecule has 25 heavy (non-hydrogen) atoms. The van der Waals surface area contributed by atoms with Gasteiger partial charge in [-0.1, -0.05) is 17.7 Å². The molecular formula is C16H22N6O2S. The van der Waals surface area contributed by atoms with Crippen molar-refractivity contribution in [3.05, 3.63) is 47.3 Å². The molecule has 3 N–H and O–H groups in total. The van der Waals surface area contributed by atoms with Crippen molar-refractivity contribution in [2.24, 2.45) is 10.8 Å². The summed E-state index contributed by atoms with van der Waals surface area (Å²) in [6.45, 7) is 5.65. The van der Waals surface area contributed by atoms with Crippen LogP contribution >= 0.6 is 0 Å². The Balaban J connectivity index is 1.90. The second kappa shape index (κ2) is 6.85. The zero-order chi connectivity index (χ0) is 18.0. The molecule has 0 fully saturated rings. The maximum absolute atomic E-state index is 12.8. The van der Waals surface area contributed by atoms with Crippen LogP contribution in [-0.2, 0) is 23.0 Å². The summed E-state index contributed by atoms with van der Waals surface area (Å²) < 4.78 is 26.6. The van der Waals surface area contributed by atoms with Crippen molar-refractivity contribution in [2.45, 2.75) is 31.7 Å². The summed E-state index contributed by atoms with van der Waals surface area (Å²) in [5.74, 6) is 6.13. The first-order valence-electron chi connectivity index (χ1n) is 8.11. The minimum Gasteiger partial charge on any atom is -0.337 e. The Morgan fingerprint density at radius 1 is 1.36 bits per heavy atom. The summed E-state index contributed by atoms with van der Waals surface area (Å²) in [7, 11) is -3.69.